The Morgan fingerprint density at radius 1 is 0.973 bits per heavy atom. The number of nitrogens with zero attached hydrogens (tertiary/aromatic N) is 2. The van der Waals surface area contributed by atoms with Crippen LogP contribution in [-0.4, -0.2) is 54.1 Å². The van der Waals surface area contributed by atoms with E-state index in [0.717, 1.165) is 16.9 Å². The van der Waals surface area contributed by atoms with E-state index in [1.807, 2.05) is 6.08 Å². The van der Waals surface area contributed by atoms with Crippen molar-refractivity contribution in [3.63, 3.8) is 0 Å². The highest BCUT2D eigenvalue weighted by Crippen LogP contribution is 2.37. The van der Waals surface area contributed by atoms with Crippen LogP contribution in [0.2, 0.25) is 0 Å². The van der Waals surface area contributed by atoms with Crippen LogP contribution in [0.4, 0.5) is 10.5 Å². The summed E-state index contributed by atoms with van der Waals surface area (Å²) < 4.78 is 16.0. The molecule has 0 radical (unpaired) electrons. The summed E-state index contributed by atoms with van der Waals surface area (Å²) in [6, 6.07) is 12.3. The Labute approximate surface area is 215 Å². The maximum absolute atomic E-state index is 13.9. The number of hydrogen-bond donors (Lipinski definition) is 0. The van der Waals surface area contributed by atoms with Crippen LogP contribution in [0.5, 0.6) is 5.75 Å². The van der Waals surface area contributed by atoms with Gasteiger partial charge in [0.05, 0.1) is 6.54 Å². The molecule has 2 aliphatic rings. The zero-order chi connectivity index (χ0) is 26.7. The zero-order valence-electron chi connectivity index (χ0n) is 21.4. The second-order valence-electron chi connectivity index (χ2n) is 9.81. The van der Waals surface area contributed by atoms with Crippen molar-refractivity contribution in [3.8, 4) is 5.75 Å². The summed E-state index contributed by atoms with van der Waals surface area (Å²) in [5.74, 6) is -0.738. The number of imide groups is 1. The van der Waals surface area contributed by atoms with Gasteiger partial charge in [-0.3, -0.25) is 19.3 Å². The fourth-order valence-electron chi connectivity index (χ4n) is 3.96. The molecular formula is C28H30N2O7. The van der Waals surface area contributed by atoms with Crippen LogP contribution in [0, 0.1) is 0 Å². The summed E-state index contributed by atoms with van der Waals surface area (Å²) in [4.78, 5) is 53.3. The topological polar surface area (TPSA) is 102 Å². The molecule has 1 aliphatic carbocycles. The van der Waals surface area contributed by atoms with Crippen LogP contribution in [-0.2, 0) is 25.6 Å². The maximum atomic E-state index is 13.9. The molecule has 0 saturated carbocycles. The Bertz CT molecular complexity index is 1280. The van der Waals surface area contributed by atoms with Crippen molar-refractivity contribution in [1.82, 2.24) is 4.90 Å². The van der Waals surface area contributed by atoms with Crippen LogP contribution in [0.1, 0.15) is 55.6 Å². The number of rotatable bonds is 6. The molecule has 0 N–H and O–H groups in total. The Balaban J connectivity index is 1.61. The van der Waals surface area contributed by atoms with Gasteiger partial charge < -0.3 is 14.2 Å². The van der Waals surface area contributed by atoms with Gasteiger partial charge in [0.1, 0.15) is 31.1 Å². The van der Waals surface area contributed by atoms with Crippen molar-refractivity contribution in [1.29, 1.82) is 0 Å². The Morgan fingerprint density at radius 2 is 1.70 bits per heavy atom. The van der Waals surface area contributed by atoms with Gasteiger partial charge in [0, 0.05) is 18.2 Å². The third kappa shape index (κ3) is 6.35. The molecule has 2 aromatic rings. The van der Waals surface area contributed by atoms with Crippen LogP contribution < -0.4 is 9.64 Å². The summed E-state index contributed by atoms with van der Waals surface area (Å²) in [5, 5.41) is 0. The first-order valence-electron chi connectivity index (χ1n) is 12.1. The molecule has 3 amide bonds. The predicted molar refractivity (Wildman–Crippen MR) is 136 cm³/mol. The van der Waals surface area contributed by atoms with Crippen molar-refractivity contribution < 1.29 is 33.4 Å². The standard InChI is InChI=1S/C28H30N2O7/c1-18(31)35-13-14-36-21-11-12-22(23(15-21)19-9-10-19)26(33)29-17-25(32)30(27(34)37-28(2,3)4)16-20-7-5-6-8-24(20)29/h5-9,11-12,15H,10,13-14,16-17H2,1-4H3. The SMILES string of the molecule is CC(=O)OCCOc1ccc(C(=O)N2CC(=O)N(C(=O)OC(C)(C)C)Cc3ccccc32)c(C2=CC2)c1. The number of fused-ring (bicyclic) bond motifs is 1. The Hall–Kier alpha value is -4.14. The summed E-state index contributed by atoms with van der Waals surface area (Å²) in [5.41, 5.74) is 2.58. The number of para-hydroxylation sites is 1. The highest BCUT2D eigenvalue weighted by atomic mass is 16.6. The van der Waals surface area contributed by atoms with Crippen molar-refractivity contribution in [2.24, 2.45) is 0 Å². The smallest absolute Gasteiger partial charge is 0.417 e. The molecule has 0 bridgehead atoms. The highest BCUT2D eigenvalue weighted by Gasteiger charge is 2.35. The summed E-state index contributed by atoms with van der Waals surface area (Å²) in [6.45, 7) is 6.51. The monoisotopic (exact) mass is 506 g/mol. The highest BCUT2D eigenvalue weighted by molar-refractivity contribution is 6.13. The van der Waals surface area contributed by atoms with E-state index in [2.05, 4.69) is 0 Å². The number of hydrogen-bond acceptors (Lipinski definition) is 7. The molecule has 1 aliphatic heterocycles. The first kappa shape index (κ1) is 25.9. The average molecular weight is 507 g/mol. The number of carbonyl (C=O) groups excluding carboxylic acids is 4. The largest absolute Gasteiger partial charge is 0.490 e. The molecular weight excluding hydrogens is 476 g/mol. The van der Waals surface area contributed by atoms with Crippen molar-refractivity contribution >= 4 is 35.1 Å². The van der Waals surface area contributed by atoms with Crippen molar-refractivity contribution in [3.05, 3.63) is 65.2 Å². The van der Waals surface area contributed by atoms with E-state index in [1.165, 1.54) is 11.8 Å². The van der Waals surface area contributed by atoms with E-state index in [9.17, 15) is 19.2 Å². The van der Waals surface area contributed by atoms with E-state index in [1.54, 1.807) is 63.2 Å². The second kappa shape index (κ2) is 10.5. The molecule has 4 rings (SSSR count). The molecule has 2 aromatic carbocycles. The van der Waals surface area contributed by atoms with Gasteiger partial charge in [-0.1, -0.05) is 24.3 Å². The molecule has 0 atom stereocenters. The van der Waals surface area contributed by atoms with Crippen LogP contribution in [0.3, 0.4) is 0 Å². The number of benzene rings is 2. The predicted octanol–water partition coefficient (Wildman–Crippen LogP) is 4.34. The number of ether oxygens (including phenoxy) is 3. The molecule has 9 heteroatoms. The molecule has 0 aromatic heterocycles. The minimum Gasteiger partial charge on any atom is -0.490 e. The van der Waals surface area contributed by atoms with E-state index < -0.39 is 17.6 Å². The number of carbonyl (C=O) groups is 4. The Kier molecular flexibility index (Phi) is 7.33. The third-order valence-electron chi connectivity index (χ3n) is 5.70. The van der Waals surface area contributed by atoms with E-state index in [4.69, 9.17) is 14.2 Å². The van der Waals surface area contributed by atoms with Crippen molar-refractivity contribution in [2.45, 2.75) is 46.3 Å². The normalized spacial score (nSPS) is 14.8. The Morgan fingerprint density at radius 3 is 2.38 bits per heavy atom. The van der Waals surface area contributed by atoms with E-state index in [0.29, 0.717) is 28.1 Å². The minimum atomic E-state index is -0.770. The van der Waals surface area contributed by atoms with Gasteiger partial charge in [-0.25, -0.2) is 9.69 Å². The number of amides is 3. The van der Waals surface area contributed by atoms with Gasteiger partial charge in [0.25, 0.3) is 11.8 Å². The van der Waals surface area contributed by atoms with Gasteiger partial charge in [-0.05, 0) is 68.2 Å². The molecule has 194 valence electrons. The first-order valence-corrected chi connectivity index (χ1v) is 12.1. The van der Waals surface area contributed by atoms with E-state index in [-0.39, 0.29) is 38.2 Å². The molecule has 1 heterocycles. The maximum Gasteiger partial charge on any atom is 0.417 e. The van der Waals surface area contributed by atoms with Crippen LogP contribution in [0.15, 0.2) is 48.5 Å². The lowest BCUT2D eigenvalue weighted by Crippen LogP contribution is -2.44. The molecule has 0 spiro atoms. The van der Waals surface area contributed by atoms with Gasteiger partial charge in [0.15, 0.2) is 0 Å². The van der Waals surface area contributed by atoms with E-state index >= 15 is 0 Å². The van der Waals surface area contributed by atoms with Crippen molar-refractivity contribution in [2.75, 3.05) is 24.7 Å². The lowest BCUT2D eigenvalue weighted by atomic mass is 10.0. The first-order chi connectivity index (χ1) is 17.5. The fourth-order valence-corrected chi connectivity index (χ4v) is 3.96. The molecule has 0 saturated heterocycles. The zero-order valence-corrected chi connectivity index (χ0v) is 21.4. The van der Waals surface area contributed by atoms with Gasteiger partial charge >= 0.3 is 12.1 Å². The van der Waals surface area contributed by atoms with Gasteiger partial charge in [-0.2, -0.15) is 0 Å². The summed E-state index contributed by atoms with van der Waals surface area (Å²) >= 11 is 0. The average Bonchev–Trinajstić information content (AvgIpc) is 3.68. The molecule has 0 unspecified atom stereocenters. The lowest BCUT2D eigenvalue weighted by molar-refractivity contribution is -0.141. The lowest BCUT2D eigenvalue weighted by Gasteiger charge is -2.25. The number of esters is 1. The quantitative estimate of drug-likeness (QED) is 0.424. The third-order valence-corrected chi connectivity index (χ3v) is 5.70. The second-order valence-corrected chi connectivity index (χ2v) is 9.81. The fraction of sp³-hybridized carbons (Fsp3) is 0.357. The summed E-state index contributed by atoms with van der Waals surface area (Å²) in [6.07, 6.45) is 2.00. The molecule has 9 nitrogen and oxygen atoms in total. The van der Waals surface area contributed by atoms with Crippen LogP contribution in [0.25, 0.3) is 5.57 Å². The van der Waals surface area contributed by atoms with Crippen LogP contribution >= 0.6 is 0 Å². The van der Waals surface area contributed by atoms with Gasteiger partial charge in [-0.15, -0.1) is 0 Å². The molecule has 37 heavy (non-hydrogen) atoms. The summed E-state index contributed by atoms with van der Waals surface area (Å²) in [7, 11) is 0. The minimum absolute atomic E-state index is 0.000815. The number of anilines is 1. The molecule has 0 fully saturated rings. The van der Waals surface area contributed by atoms with Gasteiger partial charge in [0.2, 0.25) is 0 Å². The number of allylic oxidation sites excluding steroid dienone is 2.